The predicted octanol–water partition coefficient (Wildman–Crippen LogP) is 4.89. The number of alkyl halides is 3. The number of hydrogen-bond donors (Lipinski definition) is 0. The van der Waals surface area contributed by atoms with E-state index in [1.165, 1.54) is 35.5 Å². The van der Waals surface area contributed by atoms with Gasteiger partial charge in [0.2, 0.25) is 0 Å². The van der Waals surface area contributed by atoms with Crippen molar-refractivity contribution in [1.82, 2.24) is 15.0 Å². The van der Waals surface area contributed by atoms with Gasteiger partial charge < -0.3 is 4.90 Å². The maximum atomic E-state index is 14.1. The molecule has 0 N–H and O–H groups in total. The van der Waals surface area contributed by atoms with E-state index in [2.05, 4.69) is 15.0 Å². The Morgan fingerprint density at radius 1 is 1.00 bits per heavy atom. The standard InChI is InChI=1S/C19H16F4N4/c1-12(14-5-3-4-6-15(14)20)27(2)17-11-16(19(21,22)23)25-18(26-17)13-7-9-24-10-8-13/h3-12H,1-2H3. The zero-order valence-electron chi connectivity index (χ0n) is 14.6. The van der Waals surface area contributed by atoms with Gasteiger partial charge in [0, 0.05) is 36.6 Å². The SMILES string of the molecule is CC(c1ccccc1F)N(C)c1cc(C(F)(F)F)nc(-c2ccncc2)n1. The van der Waals surface area contributed by atoms with Gasteiger partial charge in [-0.3, -0.25) is 4.98 Å². The van der Waals surface area contributed by atoms with Crippen LogP contribution in [0.3, 0.4) is 0 Å². The lowest BCUT2D eigenvalue weighted by molar-refractivity contribution is -0.141. The van der Waals surface area contributed by atoms with Crippen molar-refractivity contribution in [3.05, 3.63) is 71.9 Å². The Hall–Kier alpha value is -3.03. The zero-order chi connectivity index (χ0) is 19.6. The molecule has 1 aromatic carbocycles. The molecule has 27 heavy (non-hydrogen) atoms. The van der Waals surface area contributed by atoms with Gasteiger partial charge in [0.1, 0.15) is 11.6 Å². The number of pyridine rings is 1. The summed E-state index contributed by atoms with van der Waals surface area (Å²) < 4.78 is 54.1. The van der Waals surface area contributed by atoms with E-state index in [0.29, 0.717) is 11.1 Å². The van der Waals surface area contributed by atoms with E-state index in [1.54, 1.807) is 32.2 Å². The fraction of sp³-hybridized carbons (Fsp3) is 0.211. The monoisotopic (exact) mass is 376 g/mol. The molecule has 0 fully saturated rings. The van der Waals surface area contributed by atoms with Gasteiger partial charge >= 0.3 is 6.18 Å². The van der Waals surface area contributed by atoms with E-state index in [1.807, 2.05) is 0 Å². The summed E-state index contributed by atoms with van der Waals surface area (Å²) in [5.41, 5.74) is -0.297. The van der Waals surface area contributed by atoms with E-state index in [4.69, 9.17) is 0 Å². The number of rotatable bonds is 4. The minimum Gasteiger partial charge on any atom is -0.353 e. The summed E-state index contributed by atoms with van der Waals surface area (Å²) in [5.74, 6) is -0.467. The zero-order valence-corrected chi connectivity index (χ0v) is 14.6. The molecule has 1 atom stereocenters. The van der Waals surface area contributed by atoms with Crippen molar-refractivity contribution in [1.29, 1.82) is 0 Å². The molecule has 0 aliphatic heterocycles. The Morgan fingerprint density at radius 3 is 2.30 bits per heavy atom. The second-order valence-electron chi connectivity index (χ2n) is 5.98. The smallest absolute Gasteiger partial charge is 0.353 e. The van der Waals surface area contributed by atoms with Crippen LogP contribution in [-0.4, -0.2) is 22.0 Å². The molecule has 0 saturated carbocycles. The summed E-state index contributed by atoms with van der Waals surface area (Å²) in [4.78, 5) is 13.2. The summed E-state index contributed by atoms with van der Waals surface area (Å²) in [5, 5.41) is 0. The van der Waals surface area contributed by atoms with Gasteiger partial charge in [-0.15, -0.1) is 0 Å². The third-order valence-electron chi connectivity index (χ3n) is 4.24. The topological polar surface area (TPSA) is 41.9 Å². The number of anilines is 1. The molecule has 0 amide bonds. The molecule has 0 aliphatic carbocycles. The highest BCUT2D eigenvalue weighted by atomic mass is 19.4. The van der Waals surface area contributed by atoms with Crippen molar-refractivity contribution in [3.63, 3.8) is 0 Å². The third kappa shape index (κ3) is 4.05. The lowest BCUT2D eigenvalue weighted by Crippen LogP contribution is -2.25. The number of benzene rings is 1. The Morgan fingerprint density at radius 2 is 1.67 bits per heavy atom. The molecule has 2 heterocycles. The molecule has 2 aromatic heterocycles. The van der Waals surface area contributed by atoms with Gasteiger partial charge in [0.05, 0.1) is 6.04 Å². The highest BCUT2D eigenvalue weighted by Crippen LogP contribution is 2.33. The van der Waals surface area contributed by atoms with Crippen molar-refractivity contribution < 1.29 is 17.6 Å². The van der Waals surface area contributed by atoms with E-state index < -0.39 is 23.7 Å². The molecule has 8 heteroatoms. The molecule has 0 bridgehead atoms. The van der Waals surface area contributed by atoms with Crippen molar-refractivity contribution in [2.75, 3.05) is 11.9 Å². The molecule has 1 unspecified atom stereocenters. The van der Waals surface area contributed by atoms with Crippen LogP contribution in [0, 0.1) is 5.82 Å². The number of nitrogens with zero attached hydrogens (tertiary/aromatic N) is 4. The summed E-state index contributed by atoms with van der Waals surface area (Å²) in [6, 6.07) is 9.51. The van der Waals surface area contributed by atoms with Crippen LogP contribution < -0.4 is 4.90 Å². The first-order valence-corrected chi connectivity index (χ1v) is 8.11. The Balaban J connectivity index is 2.07. The van der Waals surface area contributed by atoms with Crippen LogP contribution in [0.4, 0.5) is 23.4 Å². The van der Waals surface area contributed by atoms with Crippen LogP contribution in [0.2, 0.25) is 0 Å². The van der Waals surface area contributed by atoms with Gasteiger partial charge in [0.25, 0.3) is 0 Å². The number of halogens is 4. The summed E-state index contributed by atoms with van der Waals surface area (Å²) in [6.45, 7) is 1.69. The minimum absolute atomic E-state index is 0.0416. The van der Waals surface area contributed by atoms with Crippen LogP contribution in [0.1, 0.15) is 24.2 Å². The summed E-state index contributed by atoms with van der Waals surface area (Å²) >= 11 is 0. The first-order valence-electron chi connectivity index (χ1n) is 8.11. The lowest BCUT2D eigenvalue weighted by Gasteiger charge is -2.27. The Labute approximate surface area is 153 Å². The van der Waals surface area contributed by atoms with Crippen LogP contribution in [-0.2, 0) is 6.18 Å². The van der Waals surface area contributed by atoms with E-state index >= 15 is 0 Å². The Bertz CT molecular complexity index is 928. The van der Waals surface area contributed by atoms with Gasteiger partial charge in [-0.1, -0.05) is 18.2 Å². The average molecular weight is 376 g/mol. The second-order valence-corrected chi connectivity index (χ2v) is 5.98. The summed E-state index contributed by atoms with van der Waals surface area (Å²) in [6.07, 6.45) is -1.74. The molecule has 0 saturated heterocycles. The average Bonchev–Trinajstić information content (AvgIpc) is 2.67. The largest absolute Gasteiger partial charge is 0.433 e. The maximum absolute atomic E-state index is 14.1. The maximum Gasteiger partial charge on any atom is 0.433 e. The highest BCUT2D eigenvalue weighted by molar-refractivity contribution is 5.58. The molecule has 0 spiro atoms. The van der Waals surface area contributed by atoms with E-state index in [-0.39, 0.29) is 11.6 Å². The first kappa shape index (κ1) is 18.8. The van der Waals surface area contributed by atoms with Crippen LogP contribution >= 0.6 is 0 Å². The fourth-order valence-corrected chi connectivity index (χ4v) is 2.61. The van der Waals surface area contributed by atoms with Gasteiger partial charge in [-0.25, -0.2) is 14.4 Å². The second kappa shape index (κ2) is 7.30. The predicted molar refractivity (Wildman–Crippen MR) is 93.5 cm³/mol. The van der Waals surface area contributed by atoms with E-state index in [9.17, 15) is 17.6 Å². The lowest BCUT2D eigenvalue weighted by atomic mass is 10.1. The van der Waals surface area contributed by atoms with Gasteiger partial charge in [0.15, 0.2) is 11.5 Å². The first-order chi connectivity index (χ1) is 12.8. The van der Waals surface area contributed by atoms with Crippen molar-refractivity contribution in [2.24, 2.45) is 0 Å². The molecular weight excluding hydrogens is 360 g/mol. The normalized spacial score (nSPS) is 12.7. The van der Waals surface area contributed by atoms with E-state index in [0.717, 1.165) is 6.07 Å². The summed E-state index contributed by atoms with van der Waals surface area (Å²) in [7, 11) is 1.57. The molecule has 3 aromatic rings. The van der Waals surface area contributed by atoms with Crippen LogP contribution in [0.25, 0.3) is 11.4 Å². The van der Waals surface area contributed by atoms with Gasteiger partial charge in [-0.2, -0.15) is 13.2 Å². The molecule has 0 aliphatic rings. The number of aromatic nitrogens is 3. The molecule has 3 rings (SSSR count). The van der Waals surface area contributed by atoms with Gasteiger partial charge in [-0.05, 0) is 25.1 Å². The molecular formula is C19H16F4N4. The highest BCUT2D eigenvalue weighted by Gasteiger charge is 2.34. The van der Waals surface area contributed by atoms with Crippen molar-refractivity contribution in [3.8, 4) is 11.4 Å². The fourth-order valence-electron chi connectivity index (χ4n) is 2.61. The van der Waals surface area contributed by atoms with Crippen LogP contribution in [0.15, 0.2) is 54.9 Å². The van der Waals surface area contributed by atoms with Crippen molar-refractivity contribution in [2.45, 2.75) is 19.1 Å². The molecule has 4 nitrogen and oxygen atoms in total. The minimum atomic E-state index is -4.64. The Kier molecular flexibility index (Phi) is 5.07. The van der Waals surface area contributed by atoms with Crippen LogP contribution in [0.5, 0.6) is 0 Å². The molecule has 0 radical (unpaired) electrons. The van der Waals surface area contributed by atoms with Crippen molar-refractivity contribution >= 4 is 5.82 Å². The molecule has 140 valence electrons. The number of hydrogen-bond acceptors (Lipinski definition) is 4. The quantitative estimate of drug-likeness (QED) is 0.608. The third-order valence-corrected chi connectivity index (χ3v) is 4.24.